The average Bonchev–Trinajstić information content (AvgIpc) is 2.40. The van der Waals surface area contributed by atoms with Crippen LogP contribution in [-0.2, 0) is 0 Å². The van der Waals surface area contributed by atoms with Crippen molar-refractivity contribution in [2.45, 2.75) is 12.5 Å². The van der Waals surface area contributed by atoms with E-state index in [0.29, 0.717) is 22.0 Å². The van der Waals surface area contributed by atoms with Gasteiger partial charge in [0.05, 0.1) is 12.0 Å². The molecule has 4 heteroatoms. The van der Waals surface area contributed by atoms with Crippen molar-refractivity contribution in [2.24, 2.45) is 0 Å². The van der Waals surface area contributed by atoms with Crippen LogP contribution in [0, 0.1) is 0 Å². The van der Waals surface area contributed by atoms with Gasteiger partial charge in [0.2, 0.25) is 0 Å². The zero-order chi connectivity index (χ0) is 13.4. The Bertz CT molecular complexity index is 654. The van der Waals surface area contributed by atoms with E-state index in [1.54, 1.807) is 24.3 Å². The van der Waals surface area contributed by atoms with Crippen LogP contribution in [0.15, 0.2) is 42.5 Å². The van der Waals surface area contributed by atoms with Crippen molar-refractivity contribution in [1.82, 2.24) is 0 Å². The topological polar surface area (TPSA) is 52.3 Å². The number of carbonyl (C=O) groups excluding carboxylic acids is 1. The first-order chi connectivity index (χ1) is 9.15. The number of carbonyl (C=O) groups is 1. The number of ether oxygens (including phenoxy) is 1. The molecule has 0 amide bonds. The van der Waals surface area contributed by atoms with Crippen LogP contribution in [0.1, 0.15) is 28.4 Å². The van der Waals surface area contributed by atoms with E-state index in [4.69, 9.17) is 22.1 Å². The summed E-state index contributed by atoms with van der Waals surface area (Å²) >= 11 is 6.15. The van der Waals surface area contributed by atoms with Crippen molar-refractivity contribution in [2.75, 3.05) is 5.73 Å². The molecule has 2 N–H and O–H groups in total. The molecule has 0 spiro atoms. The standard InChI is InChI=1S/C15H12ClNO2/c16-12-4-2-1-3-10(12)15-8-13(18)11-7-9(17)5-6-14(11)19-15/h1-7,15H,8,17H2. The van der Waals surface area contributed by atoms with E-state index < -0.39 is 0 Å². The molecule has 0 saturated carbocycles. The fraction of sp³-hybridized carbons (Fsp3) is 0.133. The highest BCUT2D eigenvalue weighted by molar-refractivity contribution is 6.31. The lowest BCUT2D eigenvalue weighted by Gasteiger charge is -2.26. The number of anilines is 1. The molecule has 19 heavy (non-hydrogen) atoms. The third-order valence-electron chi connectivity index (χ3n) is 3.20. The molecule has 0 saturated heterocycles. The Morgan fingerprint density at radius 3 is 2.79 bits per heavy atom. The summed E-state index contributed by atoms with van der Waals surface area (Å²) in [6.07, 6.45) is -0.0578. The van der Waals surface area contributed by atoms with Gasteiger partial charge in [-0.1, -0.05) is 29.8 Å². The minimum absolute atomic E-state index is 0.0264. The summed E-state index contributed by atoms with van der Waals surface area (Å²) in [5.74, 6) is 0.592. The van der Waals surface area contributed by atoms with Crippen LogP contribution in [0.2, 0.25) is 5.02 Å². The van der Waals surface area contributed by atoms with Gasteiger partial charge in [0.25, 0.3) is 0 Å². The van der Waals surface area contributed by atoms with E-state index in [1.807, 2.05) is 18.2 Å². The van der Waals surface area contributed by atoms with Crippen LogP contribution in [-0.4, -0.2) is 5.78 Å². The lowest BCUT2D eigenvalue weighted by atomic mass is 9.96. The second kappa shape index (κ2) is 4.59. The monoisotopic (exact) mass is 273 g/mol. The van der Waals surface area contributed by atoms with Gasteiger partial charge in [-0.3, -0.25) is 4.79 Å². The Balaban J connectivity index is 2.00. The number of benzene rings is 2. The minimum Gasteiger partial charge on any atom is -0.484 e. The molecule has 0 bridgehead atoms. The molecule has 1 aliphatic rings. The molecule has 3 nitrogen and oxygen atoms in total. The van der Waals surface area contributed by atoms with Gasteiger partial charge < -0.3 is 10.5 Å². The average molecular weight is 274 g/mol. The second-order valence-corrected chi connectivity index (χ2v) is 4.92. The van der Waals surface area contributed by atoms with Crippen molar-refractivity contribution in [1.29, 1.82) is 0 Å². The fourth-order valence-corrected chi connectivity index (χ4v) is 2.51. The van der Waals surface area contributed by atoms with Crippen molar-refractivity contribution < 1.29 is 9.53 Å². The van der Waals surface area contributed by atoms with E-state index >= 15 is 0 Å². The largest absolute Gasteiger partial charge is 0.484 e. The van der Waals surface area contributed by atoms with Gasteiger partial charge in [-0.15, -0.1) is 0 Å². The van der Waals surface area contributed by atoms with E-state index in [-0.39, 0.29) is 18.3 Å². The Morgan fingerprint density at radius 2 is 2.00 bits per heavy atom. The molecular weight excluding hydrogens is 262 g/mol. The van der Waals surface area contributed by atoms with Crippen LogP contribution < -0.4 is 10.5 Å². The van der Waals surface area contributed by atoms with Crippen LogP contribution in [0.3, 0.4) is 0 Å². The molecule has 1 unspecified atom stereocenters. The predicted octanol–water partition coefficient (Wildman–Crippen LogP) is 3.63. The smallest absolute Gasteiger partial charge is 0.170 e. The van der Waals surface area contributed by atoms with Gasteiger partial charge in [0.1, 0.15) is 11.9 Å². The van der Waals surface area contributed by atoms with Crippen LogP contribution >= 0.6 is 11.6 Å². The highest BCUT2D eigenvalue weighted by atomic mass is 35.5. The number of halogens is 1. The molecule has 96 valence electrons. The predicted molar refractivity (Wildman–Crippen MR) is 74.6 cm³/mol. The number of ketones is 1. The van der Waals surface area contributed by atoms with Gasteiger partial charge in [-0.25, -0.2) is 0 Å². The normalized spacial score (nSPS) is 17.7. The van der Waals surface area contributed by atoms with E-state index in [2.05, 4.69) is 0 Å². The Hall–Kier alpha value is -2.00. The Kier molecular flexibility index (Phi) is 2.91. The molecular formula is C15H12ClNO2. The van der Waals surface area contributed by atoms with E-state index in [1.165, 1.54) is 0 Å². The maximum atomic E-state index is 12.2. The number of rotatable bonds is 1. The number of hydrogen-bond acceptors (Lipinski definition) is 3. The van der Waals surface area contributed by atoms with E-state index in [9.17, 15) is 4.79 Å². The molecule has 3 rings (SSSR count). The molecule has 1 heterocycles. The highest BCUT2D eigenvalue weighted by Crippen LogP contribution is 2.37. The number of nitrogen functional groups attached to an aromatic ring is 1. The first kappa shape index (κ1) is 12.1. The summed E-state index contributed by atoms with van der Waals surface area (Å²) in [5, 5.41) is 0.610. The summed E-state index contributed by atoms with van der Waals surface area (Å²) in [6, 6.07) is 12.5. The summed E-state index contributed by atoms with van der Waals surface area (Å²) in [6.45, 7) is 0. The first-order valence-electron chi connectivity index (χ1n) is 5.99. The Labute approximate surface area is 115 Å². The van der Waals surface area contributed by atoms with E-state index in [0.717, 1.165) is 5.56 Å². The summed E-state index contributed by atoms with van der Waals surface area (Å²) in [7, 11) is 0. The summed E-state index contributed by atoms with van der Waals surface area (Å²) < 4.78 is 5.86. The van der Waals surface area contributed by atoms with Crippen molar-refractivity contribution in [3.05, 3.63) is 58.6 Å². The lowest BCUT2D eigenvalue weighted by Crippen LogP contribution is -2.20. The van der Waals surface area contributed by atoms with Crippen molar-refractivity contribution in [3.63, 3.8) is 0 Å². The molecule has 0 radical (unpaired) electrons. The van der Waals surface area contributed by atoms with Gasteiger partial charge >= 0.3 is 0 Å². The molecule has 0 fully saturated rings. The summed E-state index contributed by atoms with van der Waals surface area (Å²) in [4.78, 5) is 12.2. The minimum atomic E-state index is -0.336. The van der Waals surface area contributed by atoms with Crippen LogP contribution in [0.4, 0.5) is 5.69 Å². The zero-order valence-electron chi connectivity index (χ0n) is 10.1. The third-order valence-corrected chi connectivity index (χ3v) is 3.54. The second-order valence-electron chi connectivity index (χ2n) is 4.51. The molecule has 2 aromatic rings. The molecule has 0 aliphatic carbocycles. The zero-order valence-corrected chi connectivity index (χ0v) is 10.9. The SMILES string of the molecule is Nc1ccc2c(c1)C(=O)CC(c1ccccc1Cl)O2. The number of hydrogen-bond donors (Lipinski definition) is 1. The Morgan fingerprint density at radius 1 is 1.21 bits per heavy atom. The van der Waals surface area contributed by atoms with Gasteiger partial charge in [0, 0.05) is 16.3 Å². The molecule has 1 atom stereocenters. The van der Waals surface area contributed by atoms with Gasteiger partial charge in [-0.05, 0) is 24.3 Å². The number of Topliss-reactive ketones (excluding diaryl/α,β-unsaturated/α-hetero) is 1. The van der Waals surface area contributed by atoms with Gasteiger partial charge in [0.15, 0.2) is 5.78 Å². The third kappa shape index (κ3) is 2.17. The fourth-order valence-electron chi connectivity index (χ4n) is 2.25. The molecule has 0 aromatic heterocycles. The van der Waals surface area contributed by atoms with Gasteiger partial charge in [-0.2, -0.15) is 0 Å². The quantitative estimate of drug-likeness (QED) is 0.807. The number of fused-ring (bicyclic) bond motifs is 1. The molecule has 1 aliphatic heterocycles. The number of nitrogens with two attached hydrogens (primary N) is 1. The molecule has 2 aromatic carbocycles. The van der Waals surface area contributed by atoms with Crippen LogP contribution in [0.5, 0.6) is 5.75 Å². The maximum Gasteiger partial charge on any atom is 0.170 e. The van der Waals surface area contributed by atoms with Crippen molar-refractivity contribution >= 4 is 23.1 Å². The first-order valence-corrected chi connectivity index (χ1v) is 6.37. The maximum absolute atomic E-state index is 12.2. The highest BCUT2D eigenvalue weighted by Gasteiger charge is 2.28. The summed E-state index contributed by atoms with van der Waals surface area (Å²) in [5.41, 5.74) is 7.63. The lowest BCUT2D eigenvalue weighted by molar-refractivity contribution is 0.0850. The van der Waals surface area contributed by atoms with Crippen molar-refractivity contribution in [3.8, 4) is 5.75 Å². The van der Waals surface area contributed by atoms with Crippen LogP contribution in [0.25, 0.3) is 0 Å².